The van der Waals surface area contributed by atoms with Crippen molar-refractivity contribution in [3.05, 3.63) is 33.9 Å². The van der Waals surface area contributed by atoms with Crippen LogP contribution in [0.3, 0.4) is 0 Å². The number of anilines is 1. The molecule has 1 aromatic carbocycles. The highest BCUT2D eigenvalue weighted by atomic mass is 19.1. The second-order valence-corrected chi connectivity index (χ2v) is 4.44. The molecular weight excluding hydrogens is 274 g/mol. The van der Waals surface area contributed by atoms with Gasteiger partial charge in [-0.05, 0) is 12.8 Å². The minimum Gasteiger partial charge on any atom is -0.381 e. The number of non-ortho nitro benzene ring substituents is 1. The van der Waals surface area contributed by atoms with Crippen LogP contribution in [0.15, 0.2) is 12.1 Å². The van der Waals surface area contributed by atoms with Gasteiger partial charge in [0.2, 0.25) is 5.91 Å². The van der Waals surface area contributed by atoms with Crippen molar-refractivity contribution in [1.29, 1.82) is 0 Å². The van der Waals surface area contributed by atoms with Gasteiger partial charge in [-0.15, -0.1) is 0 Å². The molecule has 0 aliphatic carbocycles. The van der Waals surface area contributed by atoms with Crippen molar-refractivity contribution < 1.29 is 23.2 Å². The summed E-state index contributed by atoms with van der Waals surface area (Å²) < 4.78 is 32.3. The van der Waals surface area contributed by atoms with Gasteiger partial charge in [-0.2, -0.15) is 0 Å². The van der Waals surface area contributed by atoms with Crippen LogP contribution in [0.5, 0.6) is 0 Å². The van der Waals surface area contributed by atoms with Crippen LogP contribution in [0.25, 0.3) is 0 Å². The van der Waals surface area contributed by atoms with Crippen LogP contribution in [0.1, 0.15) is 12.8 Å². The molecule has 0 bridgehead atoms. The Morgan fingerprint density at radius 2 is 2.05 bits per heavy atom. The van der Waals surface area contributed by atoms with Crippen LogP contribution >= 0.6 is 0 Å². The number of nitro benzene ring substituents is 1. The molecule has 0 radical (unpaired) electrons. The first kappa shape index (κ1) is 14.3. The minimum atomic E-state index is -1.18. The molecule has 2 rings (SSSR count). The van der Waals surface area contributed by atoms with Gasteiger partial charge in [0.15, 0.2) is 11.6 Å². The highest BCUT2D eigenvalue weighted by Crippen LogP contribution is 2.26. The van der Waals surface area contributed by atoms with E-state index in [0.29, 0.717) is 31.6 Å². The monoisotopic (exact) mass is 286 g/mol. The van der Waals surface area contributed by atoms with Crippen LogP contribution in [0, 0.1) is 27.7 Å². The summed E-state index contributed by atoms with van der Waals surface area (Å²) in [5.41, 5.74) is -1.38. The Balaban J connectivity index is 2.16. The molecule has 0 aromatic heterocycles. The van der Waals surface area contributed by atoms with Crippen molar-refractivity contribution in [2.75, 3.05) is 18.5 Å². The number of carbonyl (C=O) groups excluding carboxylic acids is 1. The Morgan fingerprint density at radius 1 is 1.40 bits per heavy atom. The molecule has 1 saturated heterocycles. The molecule has 1 atom stereocenters. The number of rotatable bonds is 3. The van der Waals surface area contributed by atoms with E-state index in [4.69, 9.17) is 4.74 Å². The zero-order valence-corrected chi connectivity index (χ0v) is 10.4. The van der Waals surface area contributed by atoms with Gasteiger partial charge in [0.05, 0.1) is 29.6 Å². The van der Waals surface area contributed by atoms with E-state index in [1.165, 1.54) is 0 Å². The first-order chi connectivity index (χ1) is 9.49. The molecule has 1 unspecified atom stereocenters. The molecule has 108 valence electrons. The lowest BCUT2D eigenvalue weighted by Gasteiger charge is -2.21. The summed E-state index contributed by atoms with van der Waals surface area (Å²) in [7, 11) is 0. The quantitative estimate of drug-likeness (QED) is 0.682. The number of benzene rings is 1. The van der Waals surface area contributed by atoms with Gasteiger partial charge >= 0.3 is 0 Å². The number of carbonyl (C=O) groups is 1. The number of amides is 1. The summed E-state index contributed by atoms with van der Waals surface area (Å²) in [4.78, 5) is 21.4. The lowest BCUT2D eigenvalue weighted by Crippen LogP contribution is -2.30. The molecule has 0 saturated carbocycles. The number of halogens is 2. The van der Waals surface area contributed by atoms with E-state index in [-0.39, 0.29) is 6.61 Å². The second kappa shape index (κ2) is 5.91. The Kier molecular flexibility index (Phi) is 4.23. The van der Waals surface area contributed by atoms with E-state index < -0.39 is 39.8 Å². The third-order valence-electron chi connectivity index (χ3n) is 3.02. The lowest BCUT2D eigenvalue weighted by molar-refractivity contribution is -0.385. The standard InChI is InChI=1S/C12H12F2N2O4/c13-9-4-8(16(18)19)5-10(14)11(9)15-12(17)7-2-1-3-20-6-7/h4-5,7H,1-3,6H2,(H,15,17). The van der Waals surface area contributed by atoms with E-state index in [2.05, 4.69) is 5.32 Å². The van der Waals surface area contributed by atoms with E-state index in [0.717, 1.165) is 0 Å². The molecule has 20 heavy (non-hydrogen) atoms. The SMILES string of the molecule is O=C(Nc1c(F)cc([N+](=O)[O-])cc1F)C1CCCOC1. The van der Waals surface area contributed by atoms with Crippen LogP contribution in [-0.2, 0) is 9.53 Å². The number of hydrogen-bond acceptors (Lipinski definition) is 4. The smallest absolute Gasteiger partial charge is 0.275 e. The first-order valence-electron chi connectivity index (χ1n) is 6.01. The molecule has 1 amide bonds. The highest BCUT2D eigenvalue weighted by molar-refractivity contribution is 5.93. The highest BCUT2D eigenvalue weighted by Gasteiger charge is 2.25. The number of nitrogens with one attached hydrogen (secondary N) is 1. The molecule has 6 nitrogen and oxygen atoms in total. The zero-order chi connectivity index (χ0) is 14.7. The Hall–Kier alpha value is -2.09. The maximum atomic E-state index is 13.6. The van der Waals surface area contributed by atoms with Crippen molar-refractivity contribution in [2.45, 2.75) is 12.8 Å². The average molecular weight is 286 g/mol. The van der Waals surface area contributed by atoms with Gasteiger partial charge in [0.25, 0.3) is 5.69 Å². The van der Waals surface area contributed by atoms with Crippen molar-refractivity contribution in [1.82, 2.24) is 0 Å². The van der Waals surface area contributed by atoms with Crippen LogP contribution in [0.4, 0.5) is 20.2 Å². The summed E-state index contributed by atoms with van der Waals surface area (Å²) in [5.74, 6) is -3.39. The fraction of sp³-hybridized carbons (Fsp3) is 0.417. The fourth-order valence-electron chi connectivity index (χ4n) is 1.96. The zero-order valence-electron chi connectivity index (χ0n) is 10.4. The maximum Gasteiger partial charge on any atom is 0.275 e. The van der Waals surface area contributed by atoms with Crippen molar-refractivity contribution in [3.63, 3.8) is 0 Å². The number of nitrogens with zero attached hydrogens (tertiary/aromatic N) is 1. The van der Waals surface area contributed by atoms with Gasteiger partial charge in [-0.25, -0.2) is 8.78 Å². The maximum absolute atomic E-state index is 13.6. The number of hydrogen-bond donors (Lipinski definition) is 1. The van der Waals surface area contributed by atoms with Crippen LogP contribution in [-0.4, -0.2) is 24.0 Å². The van der Waals surface area contributed by atoms with Gasteiger partial charge in [0, 0.05) is 6.61 Å². The summed E-state index contributed by atoms with van der Waals surface area (Å²) in [6, 6.07) is 1.13. The fourth-order valence-corrected chi connectivity index (χ4v) is 1.96. The van der Waals surface area contributed by atoms with E-state index in [9.17, 15) is 23.7 Å². The van der Waals surface area contributed by atoms with Crippen molar-refractivity contribution >= 4 is 17.3 Å². The predicted octanol–water partition coefficient (Wildman–Crippen LogP) is 2.24. The summed E-state index contributed by atoms with van der Waals surface area (Å²) in [6.07, 6.45) is 1.27. The number of ether oxygens (including phenoxy) is 1. The van der Waals surface area contributed by atoms with Crippen LogP contribution < -0.4 is 5.32 Å². The normalized spacial score (nSPS) is 18.6. The van der Waals surface area contributed by atoms with Crippen molar-refractivity contribution in [3.8, 4) is 0 Å². The molecule has 1 aliphatic rings. The van der Waals surface area contributed by atoms with Gasteiger partial charge in [0.1, 0.15) is 5.69 Å². The minimum absolute atomic E-state index is 0.196. The predicted molar refractivity (Wildman–Crippen MR) is 65.2 cm³/mol. The van der Waals surface area contributed by atoms with Crippen molar-refractivity contribution in [2.24, 2.45) is 5.92 Å². The summed E-state index contributed by atoms with van der Waals surface area (Å²) >= 11 is 0. The Morgan fingerprint density at radius 3 is 2.55 bits per heavy atom. The number of nitro groups is 1. The van der Waals surface area contributed by atoms with Crippen LogP contribution in [0.2, 0.25) is 0 Å². The first-order valence-corrected chi connectivity index (χ1v) is 6.01. The molecule has 1 aliphatic heterocycles. The lowest BCUT2D eigenvalue weighted by atomic mass is 10.0. The molecule has 1 fully saturated rings. The van der Waals surface area contributed by atoms with E-state index >= 15 is 0 Å². The largest absolute Gasteiger partial charge is 0.381 e. The summed E-state index contributed by atoms with van der Waals surface area (Å²) in [6.45, 7) is 0.756. The third-order valence-corrected chi connectivity index (χ3v) is 3.02. The molecule has 1 heterocycles. The second-order valence-electron chi connectivity index (χ2n) is 4.44. The Bertz CT molecular complexity index is 521. The molecular formula is C12H12F2N2O4. The molecule has 0 spiro atoms. The summed E-state index contributed by atoms with van der Waals surface area (Å²) in [5, 5.41) is 12.6. The molecule has 8 heteroatoms. The Labute approximate surface area is 112 Å². The van der Waals surface area contributed by atoms with Gasteiger partial charge in [-0.3, -0.25) is 14.9 Å². The molecule has 1 aromatic rings. The average Bonchev–Trinajstić information content (AvgIpc) is 2.43. The van der Waals surface area contributed by atoms with E-state index in [1.54, 1.807) is 0 Å². The third kappa shape index (κ3) is 3.08. The van der Waals surface area contributed by atoms with E-state index in [1.807, 2.05) is 0 Å². The van der Waals surface area contributed by atoms with Gasteiger partial charge < -0.3 is 10.1 Å². The topological polar surface area (TPSA) is 81.5 Å². The van der Waals surface area contributed by atoms with Gasteiger partial charge in [-0.1, -0.05) is 0 Å². The molecule has 1 N–H and O–H groups in total.